The van der Waals surface area contributed by atoms with Crippen LogP contribution in [0.5, 0.6) is 0 Å². The van der Waals surface area contributed by atoms with Crippen LogP contribution in [0.25, 0.3) is 0 Å². The molecule has 1 unspecified atom stereocenters. The topological polar surface area (TPSA) is 46.3 Å². The van der Waals surface area contributed by atoms with Gasteiger partial charge in [-0.25, -0.2) is 0 Å². The maximum Gasteiger partial charge on any atom is 0.222 e. The lowest BCUT2D eigenvalue weighted by atomic mass is 9.90. The number of halogens is 1. The zero-order valence-electron chi connectivity index (χ0n) is 11.3. The van der Waals surface area contributed by atoms with E-state index < -0.39 is 0 Å². The highest BCUT2D eigenvalue weighted by atomic mass is 79.9. The molecular formula is C14H21BrN2OS. The maximum absolute atomic E-state index is 12.1. The van der Waals surface area contributed by atoms with E-state index in [2.05, 4.69) is 35.0 Å². The minimum Gasteiger partial charge on any atom is -0.342 e. The molecule has 1 aromatic heterocycles. The van der Waals surface area contributed by atoms with Crippen LogP contribution in [0.1, 0.15) is 31.1 Å². The minimum atomic E-state index is 0.133. The van der Waals surface area contributed by atoms with E-state index in [-0.39, 0.29) is 11.3 Å². The molecule has 0 aliphatic carbocycles. The number of thiophene rings is 1. The molecule has 3 nitrogen and oxygen atoms in total. The SMILES string of the molecule is CC1(CN)CCN(C(=O)CCCc2ccc(Br)s2)C1. The van der Waals surface area contributed by atoms with Gasteiger partial charge >= 0.3 is 0 Å². The molecule has 1 amide bonds. The summed E-state index contributed by atoms with van der Waals surface area (Å²) in [4.78, 5) is 15.4. The van der Waals surface area contributed by atoms with Gasteiger partial charge in [-0.3, -0.25) is 4.79 Å². The van der Waals surface area contributed by atoms with Crippen molar-refractivity contribution in [3.63, 3.8) is 0 Å². The molecule has 0 bridgehead atoms. The van der Waals surface area contributed by atoms with Crippen molar-refractivity contribution in [2.75, 3.05) is 19.6 Å². The second-order valence-corrected chi connectivity index (χ2v) is 8.19. The van der Waals surface area contributed by atoms with E-state index in [9.17, 15) is 4.79 Å². The van der Waals surface area contributed by atoms with Crippen LogP contribution < -0.4 is 5.73 Å². The summed E-state index contributed by atoms with van der Waals surface area (Å²) in [5.74, 6) is 0.285. The smallest absolute Gasteiger partial charge is 0.222 e. The summed E-state index contributed by atoms with van der Waals surface area (Å²) in [6, 6.07) is 4.19. The van der Waals surface area contributed by atoms with Gasteiger partial charge in [0.15, 0.2) is 0 Å². The van der Waals surface area contributed by atoms with Crippen LogP contribution in [0.4, 0.5) is 0 Å². The molecule has 5 heteroatoms. The summed E-state index contributed by atoms with van der Waals surface area (Å²) in [6.45, 7) is 4.54. The fraction of sp³-hybridized carbons (Fsp3) is 0.643. The van der Waals surface area contributed by atoms with Crippen molar-refractivity contribution in [2.24, 2.45) is 11.1 Å². The molecule has 1 aliphatic heterocycles. The summed E-state index contributed by atoms with van der Waals surface area (Å²) < 4.78 is 1.16. The molecule has 1 aromatic rings. The molecule has 0 radical (unpaired) electrons. The standard InChI is InChI=1S/C14H21BrN2OS/c1-14(9-16)7-8-17(10-14)13(18)4-2-3-11-5-6-12(15)19-11/h5-6H,2-4,7-10,16H2,1H3. The first-order chi connectivity index (χ1) is 9.02. The van der Waals surface area contributed by atoms with Gasteiger partial charge in [0.25, 0.3) is 0 Å². The molecule has 19 heavy (non-hydrogen) atoms. The molecule has 0 aromatic carbocycles. The van der Waals surface area contributed by atoms with Gasteiger partial charge in [0, 0.05) is 24.4 Å². The van der Waals surface area contributed by atoms with Crippen molar-refractivity contribution in [3.8, 4) is 0 Å². The fourth-order valence-corrected chi connectivity index (χ4v) is 3.99. The third kappa shape index (κ3) is 4.04. The van der Waals surface area contributed by atoms with Gasteiger partial charge in [-0.15, -0.1) is 11.3 Å². The zero-order chi connectivity index (χ0) is 13.9. The van der Waals surface area contributed by atoms with Gasteiger partial charge in [-0.1, -0.05) is 6.92 Å². The van der Waals surface area contributed by atoms with Crippen LogP contribution in [0.2, 0.25) is 0 Å². The number of nitrogens with zero attached hydrogens (tertiary/aromatic N) is 1. The van der Waals surface area contributed by atoms with Crippen molar-refractivity contribution in [2.45, 2.75) is 32.6 Å². The van der Waals surface area contributed by atoms with E-state index in [1.165, 1.54) is 4.88 Å². The number of rotatable bonds is 5. The normalized spacial score (nSPS) is 23.0. The number of aryl methyl sites for hydroxylation is 1. The molecule has 1 aliphatic rings. The predicted molar refractivity (Wildman–Crippen MR) is 83.3 cm³/mol. The van der Waals surface area contributed by atoms with Crippen LogP contribution in [0, 0.1) is 5.41 Å². The number of hydrogen-bond donors (Lipinski definition) is 1. The second kappa shape index (κ2) is 6.37. The Labute approximate surface area is 127 Å². The van der Waals surface area contributed by atoms with E-state index in [1.54, 1.807) is 11.3 Å². The average molecular weight is 345 g/mol. The molecule has 106 valence electrons. The zero-order valence-corrected chi connectivity index (χ0v) is 13.7. The molecule has 0 spiro atoms. The van der Waals surface area contributed by atoms with Crippen molar-refractivity contribution < 1.29 is 4.79 Å². The molecule has 2 N–H and O–H groups in total. The third-order valence-corrected chi connectivity index (χ3v) is 5.53. The number of carbonyl (C=O) groups excluding carboxylic acids is 1. The van der Waals surface area contributed by atoms with Crippen LogP contribution in [0.3, 0.4) is 0 Å². The number of likely N-dealkylation sites (tertiary alicyclic amines) is 1. The molecule has 1 fully saturated rings. The average Bonchev–Trinajstić information content (AvgIpc) is 2.97. The van der Waals surface area contributed by atoms with Crippen LogP contribution in [-0.2, 0) is 11.2 Å². The second-order valence-electron chi connectivity index (χ2n) is 5.64. The Morgan fingerprint density at radius 1 is 1.58 bits per heavy atom. The Bertz CT molecular complexity index is 448. The van der Waals surface area contributed by atoms with E-state index in [4.69, 9.17) is 5.73 Å². The summed E-state index contributed by atoms with van der Waals surface area (Å²) in [6.07, 6.45) is 3.61. The maximum atomic E-state index is 12.1. The summed E-state index contributed by atoms with van der Waals surface area (Å²) >= 11 is 5.21. The van der Waals surface area contributed by atoms with Gasteiger partial charge in [0.05, 0.1) is 3.79 Å². The number of amides is 1. The minimum absolute atomic E-state index is 0.133. The van der Waals surface area contributed by atoms with Crippen molar-refractivity contribution in [3.05, 3.63) is 20.8 Å². The predicted octanol–water partition coefficient (Wildman–Crippen LogP) is 3.03. The first-order valence-corrected chi connectivity index (χ1v) is 8.35. The molecule has 0 saturated carbocycles. The van der Waals surface area contributed by atoms with Gasteiger partial charge in [-0.05, 0) is 59.3 Å². The third-order valence-electron chi connectivity index (χ3n) is 3.85. The molecule has 1 saturated heterocycles. The molecule has 2 rings (SSSR count). The Morgan fingerprint density at radius 2 is 2.37 bits per heavy atom. The van der Waals surface area contributed by atoms with Gasteiger partial charge in [0.1, 0.15) is 0 Å². The van der Waals surface area contributed by atoms with Crippen LogP contribution in [-0.4, -0.2) is 30.4 Å². The fourth-order valence-electron chi connectivity index (χ4n) is 2.46. The lowest BCUT2D eigenvalue weighted by Crippen LogP contribution is -2.34. The number of carbonyl (C=O) groups is 1. The first kappa shape index (κ1) is 15.0. The number of hydrogen-bond acceptors (Lipinski definition) is 3. The first-order valence-electron chi connectivity index (χ1n) is 6.74. The van der Waals surface area contributed by atoms with Crippen molar-refractivity contribution >= 4 is 33.2 Å². The lowest BCUT2D eigenvalue weighted by Gasteiger charge is -2.22. The Balaban J connectivity index is 1.73. The van der Waals surface area contributed by atoms with Crippen molar-refractivity contribution in [1.82, 2.24) is 4.90 Å². The van der Waals surface area contributed by atoms with Crippen LogP contribution >= 0.6 is 27.3 Å². The Hall–Kier alpha value is -0.390. The van der Waals surface area contributed by atoms with E-state index in [0.717, 1.165) is 36.1 Å². The summed E-state index contributed by atoms with van der Waals surface area (Å²) in [5.41, 5.74) is 5.90. The van der Waals surface area contributed by atoms with Crippen molar-refractivity contribution in [1.29, 1.82) is 0 Å². The quantitative estimate of drug-likeness (QED) is 0.892. The van der Waals surface area contributed by atoms with E-state index >= 15 is 0 Å². The highest BCUT2D eigenvalue weighted by Crippen LogP contribution is 2.29. The monoisotopic (exact) mass is 344 g/mol. The van der Waals surface area contributed by atoms with Crippen LogP contribution in [0.15, 0.2) is 15.9 Å². The molecule has 2 heterocycles. The summed E-state index contributed by atoms with van der Waals surface area (Å²) in [7, 11) is 0. The van der Waals surface area contributed by atoms with Gasteiger partial charge in [-0.2, -0.15) is 0 Å². The van der Waals surface area contributed by atoms with E-state index in [0.29, 0.717) is 13.0 Å². The molecular weight excluding hydrogens is 324 g/mol. The van der Waals surface area contributed by atoms with Gasteiger partial charge < -0.3 is 10.6 Å². The highest BCUT2D eigenvalue weighted by Gasteiger charge is 2.34. The summed E-state index contributed by atoms with van der Waals surface area (Å²) in [5, 5.41) is 0. The largest absolute Gasteiger partial charge is 0.342 e. The van der Waals surface area contributed by atoms with E-state index in [1.807, 2.05) is 4.90 Å². The number of nitrogens with two attached hydrogens (primary N) is 1. The lowest BCUT2D eigenvalue weighted by molar-refractivity contribution is -0.130. The Kier molecular flexibility index (Phi) is 5.03. The van der Waals surface area contributed by atoms with Gasteiger partial charge in [0.2, 0.25) is 5.91 Å². The highest BCUT2D eigenvalue weighted by molar-refractivity contribution is 9.11. The Morgan fingerprint density at radius 3 is 2.95 bits per heavy atom. The molecule has 1 atom stereocenters.